The Morgan fingerprint density at radius 3 is 1.99 bits per heavy atom. The monoisotopic (exact) mass is 1470 g/mol. The van der Waals surface area contributed by atoms with Crippen molar-refractivity contribution in [2.24, 2.45) is 51.8 Å². The van der Waals surface area contributed by atoms with E-state index in [0.29, 0.717) is 78.5 Å². The van der Waals surface area contributed by atoms with E-state index >= 15 is 24.0 Å². The largest absolute Gasteiger partial charge is 0.391 e. The molecule has 0 saturated carbocycles. The molecule has 3 amide bonds. The molecule has 20 nitrogen and oxygen atoms in total. The number of rotatable bonds is 23. The lowest BCUT2D eigenvalue weighted by Crippen LogP contribution is -2.51. The number of aromatic amines is 1. The second kappa shape index (κ2) is 39.3. The van der Waals surface area contributed by atoms with Gasteiger partial charge in [-0.05, 0) is 166 Å². The fraction of sp³-hybridized carbons (Fsp3) is 0.488. The van der Waals surface area contributed by atoms with Gasteiger partial charge in [-0.2, -0.15) is 0 Å². The second-order valence-corrected chi connectivity index (χ2v) is 31.6. The smallest absolute Gasteiger partial charge is 0.224 e. The number of fused-ring (bicyclic) bond motifs is 3. The van der Waals surface area contributed by atoms with Crippen LogP contribution in [0.1, 0.15) is 155 Å². The molecule has 0 spiro atoms. The number of nitrogens with two attached hydrogens (primary N) is 3. The minimum Gasteiger partial charge on any atom is -0.391 e. The molecule has 0 radical (unpaired) electrons. The molecule has 10 rings (SSSR count). The lowest BCUT2D eigenvalue weighted by molar-refractivity contribution is -0.136. The number of amides is 3. The predicted octanol–water partition coefficient (Wildman–Crippen LogP) is 8.58. The highest BCUT2D eigenvalue weighted by Gasteiger charge is 2.43. The van der Waals surface area contributed by atoms with Crippen LogP contribution in [0.25, 0.3) is 16.5 Å². The average Bonchev–Trinajstić information content (AvgIpc) is 1.48. The van der Waals surface area contributed by atoms with Gasteiger partial charge < -0.3 is 53.5 Å². The van der Waals surface area contributed by atoms with Gasteiger partial charge in [0.2, 0.25) is 17.7 Å². The van der Waals surface area contributed by atoms with Gasteiger partial charge in [-0.3, -0.25) is 47.6 Å². The zero-order valence-corrected chi connectivity index (χ0v) is 62.1. The van der Waals surface area contributed by atoms with Crippen molar-refractivity contribution in [3.8, 4) is 0 Å². The average molecular weight is 1470 g/mol. The number of hydrogen-bond donors (Lipinski definition) is 9. The first-order valence-corrected chi connectivity index (χ1v) is 39.6. The second-order valence-electron chi connectivity index (χ2n) is 29.9. The van der Waals surface area contributed by atoms with Crippen molar-refractivity contribution in [2.75, 3.05) is 44.7 Å². The first kappa shape index (κ1) is 79.9. The van der Waals surface area contributed by atoms with Crippen LogP contribution in [-0.2, 0) is 81.3 Å². The van der Waals surface area contributed by atoms with Gasteiger partial charge >= 0.3 is 0 Å². The number of likely N-dealkylation sites (N-methyl/N-ethyl adjacent to an activating group) is 1. The molecule has 5 aromatic carbocycles. The number of hydrogen-bond acceptors (Lipinski definition) is 14. The number of likely N-dealkylation sites (tertiary alicyclic amines) is 1. The number of benzene rings is 5. The highest BCUT2D eigenvalue weighted by atomic mass is 32.2. The number of guanidine groups is 1. The lowest BCUT2D eigenvalue weighted by Gasteiger charge is -2.46. The number of unbranched alkanes of at least 4 members (excludes halogenated alkanes) is 1. The van der Waals surface area contributed by atoms with Gasteiger partial charge in [-0.15, -0.1) is 0 Å². The Labute approximate surface area is 624 Å². The number of ketones is 5. The zero-order valence-electron chi connectivity index (χ0n) is 61.3. The Morgan fingerprint density at radius 1 is 0.660 bits per heavy atom. The van der Waals surface area contributed by atoms with Crippen LogP contribution in [0.15, 0.2) is 145 Å². The summed E-state index contributed by atoms with van der Waals surface area (Å²) in [6.07, 6.45) is 7.24. The molecular weight excluding hydrogens is 1360 g/mol. The fourth-order valence-electron chi connectivity index (χ4n) is 16.3. The molecule has 2 fully saturated rings. The summed E-state index contributed by atoms with van der Waals surface area (Å²) in [7, 11) is 0.900. The summed E-state index contributed by atoms with van der Waals surface area (Å²) in [5.41, 5.74) is 26.6. The van der Waals surface area contributed by atoms with Gasteiger partial charge in [0.15, 0.2) is 29.1 Å². The molecule has 566 valence electrons. The number of allylic oxidation sites excluding steroid dienone is 1. The maximum Gasteiger partial charge on any atom is 0.224 e. The van der Waals surface area contributed by atoms with Crippen LogP contribution in [0.5, 0.6) is 0 Å². The number of aliphatic hydroxyl groups excluding tert-OH is 1. The van der Waals surface area contributed by atoms with Gasteiger partial charge in [-0.1, -0.05) is 135 Å². The molecule has 0 bridgehead atoms. The number of carbonyl (C=O) groups excluding carboxylic acids is 8. The number of Topliss-reactive ketones (excluding diaryl/α,β-unsaturated/α-hetero) is 5. The number of H-pyrrole nitrogens is 1. The van der Waals surface area contributed by atoms with Crippen molar-refractivity contribution in [3.05, 3.63) is 184 Å². The van der Waals surface area contributed by atoms with Crippen LogP contribution in [0.2, 0.25) is 0 Å². The van der Waals surface area contributed by atoms with Gasteiger partial charge in [0.05, 0.1) is 24.2 Å². The van der Waals surface area contributed by atoms with E-state index in [0.717, 1.165) is 36.7 Å². The van der Waals surface area contributed by atoms with Crippen LogP contribution in [0, 0.1) is 35.4 Å². The molecule has 3 heterocycles. The highest BCUT2D eigenvalue weighted by Crippen LogP contribution is 2.49. The van der Waals surface area contributed by atoms with Crippen molar-refractivity contribution in [1.29, 1.82) is 0 Å². The van der Waals surface area contributed by atoms with E-state index in [1.54, 1.807) is 18.3 Å². The number of aliphatic hydroxyl groups is 1. The molecule has 106 heavy (non-hydrogen) atoms. The van der Waals surface area contributed by atoms with Crippen molar-refractivity contribution in [3.63, 3.8) is 0 Å². The molecule has 4 aliphatic rings. The number of carbonyl (C=O) groups is 8. The minimum absolute atomic E-state index is 0.0218. The maximum atomic E-state index is 15.5. The third-order valence-corrected chi connectivity index (χ3v) is 23.5. The normalized spacial score (nSPS) is 25.1. The summed E-state index contributed by atoms with van der Waals surface area (Å²) < 4.78 is 28.7. The van der Waals surface area contributed by atoms with Crippen LogP contribution >= 0.6 is 0 Å². The summed E-state index contributed by atoms with van der Waals surface area (Å²) in [6, 6.07) is 33.6. The number of piperidine rings is 1. The molecule has 2 saturated heterocycles. The first-order chi connectivity index (χ1) is 51.2. The quantitative estimate of drug-likeness (QED) is 0.0165. The molecular formula is C84H107FN10O10S. The molecule has 12 N–H and O–H groups in total. The molecule has 1 aromatic heterocycles. The Balaban J connectivity index is 0.965. The van der Waals surface area contributed by atoms with Crippen molar-refractivity contribution in [1.82, 2.24) is 31.2 Å². The number of aromatic nitrogens is 1. The number of para-hydroxylation sites is 1. The zero-order chi connectivity index (χ0) is 75.2. The van der Waals surface area contributed by atoms with E-state index in [1.807, 2.05) is 84.9 Å². The van der Waals surface area contributed by atoms with Crippen molar-refractivity contribution < 1.29 is 52.1 Å². The molecule has 22 heteroatoms. The summed E-state index contributed by atoms with van der Waals surface area (Å²) in [5, 5.41) is 24.5. The van der Waals surface area contributed by atoms with Gasteiger partial charge in [0.1, 0.15) is 17.6 Å². The third-order valence-electron chi connectivity index (χ3n) is 22.0. The SMILES string of the molecule is C[C@@H](O)[C@@H]1NC(=O)[C@H](CCCCN)CC(=O)[C@@H](Cc2c[nH]c3ccccc23)NC(=O)[C@H](Cc2ccccc2)CC(=O)[C@H](Cc2ccccc2)NC(=O)[C@H](CCCN=C(N)N)CC(=O)[C@H](NCCS(=O)C[C@@H]2C[C@@H]3c4cccc5c4C(=CC5)C[C@H]3N(C)C2)CCCCCC(=O)[C@H](Cc2ccc(F)cc2)CC1=O. The standard InChI is InChI=1S/C84H107FN10O10S/c1-53(96)80-78(101)48-62(40-56-30-34-65(85)35-31-56)74(97)29-11-5-10-28-70(89-38-39-106(105)52-57-42-68-67-26-16-23-58-32-33-59(79(58)67)45-73(68)95(2)51-57)75(98)46-61(24-17-37-90-84(87)88)81(102)92-71(43-55-20-8-4-9-21-55)77(100)49-63(41-54-18-6-3-7-19-54)83(104)93-72(44-64-50-91-69-27-13-12-25-66(64)69)76(99)47-60(82(103)94-80)22-14-15-36-86/h3-4,6-9,12-13,16,18-21,23,25-27,30-31,33-35,50,53,57,60-63,68,70-73,80,89,91,96H,5,10-11,14-15,17,22,24,28-29,32,36-49,51-52,86H2,1-2H3,(H,92,102)(H,93,104)(H,94,103)(H4,87,88,90)/t53-,57-,60-,61-,62-,63-,68-,70-,71+,72-,73-,80+,106?/m1/s1. The lowest BCUT2D eigenvalue weighted by atomic mass is 9.70. The van der Waals surface area contributed by atoms with Gasteiger partial charge in [-0.25, -0.2) is 4.39 Å². The van der Waals surface area contributed by atoms with E-state index in [2.05, 4.69) is 67.5 Å². The number of nitrogens with one attached hydrogen (secondary N) is 5. The summed E-state index contributed by atoms with van der Waals surface area (Å²) in [6.45, 7) is 2.84. The van der Waals surface area contributed by atoms with E-state index in [-0.39, 0.29) is 107 Å². The molecule has 2 aliphatic heterocycles. The minimum atomic E-state index is -1.51. The molecule has 6 aromatic rings. The highest BCUT2D eigenvalue weighted by molar-refractivity contribution is 7.85. The van der Waals surface area contributed by atoms with Gasteiger partial charge in [0, 0.05) is 133 Å². The molecule has 1 unspecified atom stereocenters. The molecule has 13 atom stereocenters. The van der Waals surface area contributed by atoms with E-state index in [4.69, 9.17) is 17.2 Å². The topological polar surface area (TPSA) is 331 Å². The van der Waals surface area contributed by atoms with Crippen LogP contribution in [-0.4, -0.2) is 153 Å². The number of aliphatic imine (C=N–C) groups is 1. The third kappa shape index (κ3) is 22.5. The van der Waals surface area contributed by atoms with Crippen molar-refractivity contribution in [2.45, 2.75) is 184 Å². The Bertz CT molecular complexity index is 4090. The predicted molar refractivity (Wildman–Crippen MR) is 413 cm³/mol. The number of nitrogens with zero attached hydrogens (tertiary/aromatic N) is 2. The van der Waals surface area contributed by atoms with E-state index in [1.165, 1.54) is 41.3 Å². The molecule has 2 aliphatic carbocycles. The van der Waals surface area contributed by atoms with E-state index in [9.17, 15) is 28.1 Å². The summed E-state index contributed by atoms with van der Waals surface area (Å²) >= 11 is 0. The van der Waals surface area contributed by atoms with E-state index < -0.39 is 125 Å². The van der Waals surface area contributed by atoms with Crippen LogP contribution in [0.3, 0.4) is 0 Å². The first-order valence-electron chi connectivity index (χ1n) is 38.1. The summed E-state index contributed by atoms with van der Waals surface area (Å²) in [5.74, 6) is -7.65. The van der Waals surface area contributed by atoms with Crippen molar-refractivity contribution >= 4 is 79.9 Å². The Kier molecular flexibility index (Phi) is 29.6. The number of halogens is 1. The fourth-order valence-corrected chi connectivity index (χ4v) is 17.6. The Morgan fingerprint density at radius 2 is 1.28 bits per heavy atom. The van der Waals surface area contributed by atoms with Crippen LogP contribution in [0.4, 0.5) is 4.39 Å². The van der Waals surface area contributed by atoms with Crippen LogP contribution < -0.4 is 38.5 Å². The summed E-state index contributed by atoms with van der Waals surface area (Å²) in [4.78, 5) is 131. The van der Waals surface area contributed by atoms with Gasteiger partial charge in [0.25, 0.3) is 0 Å². The Hall–Kier alpha value is -8.67. The maximum absolute atomic E-state index is 15.5.